The number of hydrogen-bond acceptors (Lipinski definition) is 5. The van der Waals surface area contributed by atoms with Gasteiger partial charge in [0, 0.05) is 45.6 Å². The van der Waals surface area contributed by atoms with Crippen LogP contribution in [-0.4, -0.2) is 31.0 Å². The van der Waals surface area contributed by atoms with Gasteiger partial charge in [-0.05, 0) is 75.6 Å². The summed E-state index contributed by atoms with van der Waals surface area (Å²) in [5.74, 6) is -1.13. The lowest BCUT2D eigenvalue weighted by Crippen LogP contribution is -2.28. The van der Waals surface area contributed by atoms with Crippen molar-refractivity contribution >= 4 is 46.0 Å². The Kier molecular flexibility index (Phi) is 8.80. The average molecular weight is 591 g/mol. The topological polar surface area (TPSA) is 81.4 Å². The van der Waals surface area contributed by atoms with Gasteiger partial charge in [0.2, 0.25) is 0 Å². The summed E-state index contributed by atoms with van der Waals surface area (Å²) in [4.78, 5) is 26.9. The Morgan fingerprint density at radius 3 is 1.79 bits per heavy atom. The summed E-state index contributed by atoms with van der Waals surface area (Å²) in [5, 5.41) is 18.4. The lowest BCUT2D eigenvalue weighted by Gasteiger charge is -2.31. The minimum atomic E-state index is -1.25. The number of nitrogens with zero attached hydrogens (tertiary/aromatic N) is 2. The molecule has 5 nitrogen and oxygen atoms in total. The second-order valence-electron chi connectivity index (χ2n) is 13.0. The molecule has 1 N–H and O–H groups in total. The van der Waals surface area contributed by atoms with Crippen molar-refractivity contribution in [2.75, 3.05) is 19.0 Å². The number of hydrogen-bond donors (Lipinski definition) is 1. The summed E-state index contributed by atoms with van der Waals surface area (Å²) >= 11 is 1.68. The fraction of sp³-hybridized carbons (Fsp3) is 0.270. The number of thiophene rings is 1. The first kappa shape index (κ1) is 31.5. The minimum Gasteiger partial charge on any atom is -0.477 e. The lowest BCUT2D eigenvalue weighted by atomic mass is 9.72. The molecule has 0 radical (unpaired) electrons. The van der Waals surface area contributed by atoms with E-state index in [1.54, 1.807) is 17.4 Å². The SMILES string of the molecule is CN(C)c1ccc(/C(c2ccc(/C=C(/C#N)C(=O)O)cc2)=c2/ccc(=C3C=C(C(C)(C)C)C(=O)C(C(C)(C)C)=C3)s2)cc1. The Hall–Kier alpha value is -4.47. The van der Waals surface area contributed by atoms with Crippen LogP contribution in [-0.2, 0) is 9.59 Å². The van der Waals surface area contributed by atoms with Gasteiger partial charge in [-0.2, -0.15) is 5.26 Å². The molecule has 1 heterocycles. The first-order valence-corrected chi connectivity index (χ1v) is 15.0. The van der Waals surface area contributed by atoms with Crippen molar-refractivity contribution in [3.63, 3.8) is 0 Å². The maximum atomic E-state index is 13.5. The predicted molar refractivity (Wildman–Crippen MR) is 177 cm³/mol. The van der Waals surface area contributed by atoms with E-state index in [0.29, 0.717) is 5.56 Å². The second-order valence-corrected chi connectivity index (χ2v) is 14.1. The van der Waals surface area contributed by atoms with Crippen LogP contribution in [0.4, 0.5) is 5.69 Å². The highest BCUT2D eigenvalue weighted by atomic mass is 32.1. The van der Waals surface area contributed by atoms with Crippen molar-refractivity contribution in [1.82, 2.24) is 0 Å². The molecule has 0 saturated heterocycles. The Balaban J connectivity index is 1.98. The fourth-order valence-corrected chi connectivity index (χ4v) is 6.03. The van der Waals surface area contributed by atoms with E-state index in [0.717, 1.165) is 48.2 Å². The second kappa shape index (κ2) is 12.0. The zero-order chi connectivity index (χ0) is 31.7. The summed E-state index contributed by atoms with van der Waals surface area (Å²) in [5.41, 5.74) is 6.56. The molecule has 0 aliphatic heterocycles. The number of ketones is 1. The molecule has 0 fully saturated rings. The van der Waals surface area contributed by atoms with Crippen molar-refractivity contribution < 1.29 is 14.7 Å². The molecule has 6 heteroatoms. The first-order valence-electron chi connectivity index (χ1n) is 14.2. The third-order valence-electron chi connectivity index (χ3n) is 7.38. The maximum Gasteiger partial charge on any atom is 0.346 e. The molecule has 0 bridgehead atoms. The van der Waals surface area contributed by atoms with E-state index in [-0.39, 0.29) is 22.2 Å². The van der Waals surface area contributed by atoms with Gasteiger partial charge in [0.05, 0.1) is 0 Å². The van der Waals surface area contributed by atoms with Crippen LogP contribution in [0.15, 0.2) is 89.5 Å². The number of aliphatic carboxylic acids is 1. The van der Waals surface area contributed by atoms with Gasteiger partial charge in [0.25, 0.3) is 0 Å². The molecule has 1 aliphatic carbocycles. The van der Waals surface area contributed by atoms with Crippen LogP contribution in [0.5, 0.6) is 0 Å². The Morgan fingerprint density at radius 2 is 1.35 bits per heavy atom. The van der Waals surface area contributed by atoms with Gasteiger partial charge in [-0.15, -0.1) is 11.3 Å². The molecule has 2 aromatic carbocycles. The monoisotopic (exact) mass is 590 g/mol. The zero-order valence-corrected chi connectivity index (χ0v) is 26.9. The summed E-state index contributed by atoms with van der Waals surface area (Å²) < 4.78 is 2.15. The van der Waals surface area contributed by atoms with Crippen LogP contribution in [0, 0.1) is 22.2 Å². The van der Waals surface area contributed by atoms with E-state index in [2.05, 4.69) is 95.0 Å². The molecule has 1 aliphatic rings. The van der Waals surface area contributed by atoms with Crippen molar-refractivity contribution in [2.24, 2.45) is 10.8 Å². The summed E-state index contributed by atoms with van der Waals surface area (Å²) in [6.45, 7) is 12.5. The number of carbonyl (C=O) groups excluding carboxylic acids is 1. The standard InChI is InChI=1S/C37H38N2O3S/c1-36(2,3)29-20-26(21-30(34(29)40)37(4,5)6)31-17-18-32(43-31)33(25-13-15-28(16-14-25)39(7)8)24-11-9-23(10-12-24)19-27(22-38)35(41)42/h9-21H,1-8H3,(H,41,42)/b27-19-,33-32-. The van der Waals surface area contributed by atoms with E-state index in [1.165, 1.54) is 6.08 Å². The van der Waals surface area contributed by atoms with Crippen LogP contribution in [0.2, 0.25) is 0 Å². The van der Waals surface area contributed by atoms with E-state index in [1.807, 2.05) is 38.4 Å². The van der Waals surface area contributed by atoms with Gasteiger partial charge >= 0.3 is 5.97 Å². The number of benzene rings is 2. The molecular formula is C37H38N2O3S. The van der Waals surface area contributed by atoms with Gasteiger partial charge in [0.1, 0.15) is 11.6 Å². The van der Waals surface area contributed by atoms with Crippen LogP contribution in [0.1, 0.15) is 58.2 Å². The quantitative estimate of drug-likeness (QED) is 0.263. The first-order chi connectivity index (χ1) is 20.1. The number of rotatable bonds is 5. The van der Waals surface area contributed by atoms with Gasteiger partial charge in [-0.25, -0.2) is 4.79 Å². The fourth-order valence-electron chi connectivity index (χ4n) is 4.94. The number of Topliss-reactive ketones (excluding diaryl/α,β-unsaturated/α-hetero) is 1. The highest BCUT2D eigenvalue weighted by molar-refractivity contribution is 7.08. The van der Waals surface area contributed by atoms with E-state index in [9.17, 15) is 20.0 Å². The van der Waals surface area contributed by atoms with Crippen LogP contribution in [0.25, 0.3) is 17.2 Å². The molecule has 0 unspecified atom stereocenters. The molecule has 0 amide bonds. The smallest absolute Gasteiger partial charge is 0.346 e. The van der Waals surface area contributed by atoms with Gasteiger partial charge in [0.15, 0.2) is 5.78 Å². The summed E-state index contributed by atoms with van der Waals surface area (Å²) in [7, 11) is 4.02. The third kappa shape index (κ3) is 6.96. The van der Waals surface area contributed by atoms with Gasteiger partial charge in [-0.1, -0.05) is 77.9 Å². The molecule has 1 aromatic heterocycles. The number of anilines is 1. The normalized spacial score (nSPS) is 15.0. The van der Waals surface area contributed by atoms with E-state index >= 15 is 0 Å². The van der Waals surface area contributed by atoms with E-state index in [4.69, 9.17) is 0 Å². The number of nitriles is 1. The molecule has 3 aromatic rings. The highest BCUT2D eigenvalue weighted by Gasteiger charge is 2.34. The number of carboxylic acid groups (broad SMARTS) is 1. The maximum absolute atomic E-state index is 13.5. The third-order valence-corrected chi connectivity index (χ3v) is 8.53. The number of carbonyl (C=O) groups is 2. The zero-order valence-electron chi connectivity index (χ0n) is 26.1. The van der Waals surface area contributed by atoms with E-state index < -0.39 is 5.97 Å². The molecule has 0 spiro atoms. The molecular weight excluding hydrogens is 552 g/mol. The lowest BCUT2D eigenvalue weighted by molar-refractivity contribution is -0.132. The number of allylic oxidation sites excluding steroid dienone is 4. The highest BCUT2D eigenvalue weighted by Crippen LogP contribution is 2.39. The Bertz CT molecular complexity index is 1790. The molecule has 4 rings (SSSR count). The predicted octanol–water partition coefficient (Wildman–Crippen LogP) is 6.73. The largest absolute Gasteiger partial charge is 0.477 e. The van der Waals surface area contributed by atoms with Crippen LogP contribution in [0.3, 0.4) is 0 Å². The minimum absolute atomic E-state index is 0.116. The molecule has 220 valence electrons. The van der Waals surface area contributed by atoms with Crippen molar-refractivity contribution in [2.45, 2.75) is 41.5 Å². The van der Waals surface area contributed by atoms with Crippen LogP contribution < -0.4 is 14.0 Å². The molecule has 43 heavy (non-hydrogen) atoms. The van der Waals surface area contributed by atoms with Crippen molar-refractivity contribution in [3.05, 3.63) is 115 Å². The van der Waals surface area contributed by atoms with Crippen molar-refractivity contribution in [3.8, 4) is 6.07 Å². The van der Waals surface area contributed by atoms with Gasteiger partial charge < -0.3 is 10.0 Å². The Labute approximate surface area is 258 Å². The molecule has 0 atom stereocenters. The summed E-state index contributed by atoms with van der Waals surface area (Å²) in [6, 6.07) is 22.0. The van der Waals surface area contributed by atoms with Gasteiger partial charge in [-0.3, -0.25) is 4.79 Å². The van der Waals surface area contributed by atoms with Crippen molar-refractivity contribution in [1.29, 1.82) is 5.26 Å². The Morgan fingerprint density at radius 1 is 0.837 bits per heavy atom. The summed E-state index contributed by atoms with van der Waals surface area (Å²) in [6.07, 6.45) is 5.48. The van der Waals surface area contributed by atoms with Crippen LogP contribution >= 0.6 is 11.3 Å². The number of carboxylic acids is 1. The average Bonchev–Trinajstić information content (AvgIpc) is 3.41. The molecule has 0 saturated carbocycles.